The SMILES string of the molecule is CCOc1ccccc1NC(=O)C(C)Sc1nc2ccsc2c(=O)n1CC. The van der Waals surface area contributed by atoms with Crippen LogP contribution in [-0.2, 0) is 11.3 Å². The highest BCUT2D eigenvalue weighted by atomic mass is 32.2. The van der Waals surface area contributed by atoms with Crippen LogP contribution in [0.3, 0.4) is 0 Å². The summed E-state index contributed by atoms with van der Waals surface area (Å²) in [6, 6.07) is 9.15. The first-order valence-corrected chi connectivity index (χ1v) is 10.5. The second-order valence-electron chi connectivity index (χ2n) is 5.76. The first-order valence-electron chi connectivity index (χ1n) is 8.72. The van der Waals surface area contributed by atoms with E-state index in [1.165, 1.54) is 23.1 Å². The van der Waals surface area contributed by atoms with E-state index in [4.69, 9.17) is 4.74 Å². The molecule has 1 N–H and O–H groups in total. The molecule has 1 unspecified atom stereocenters. The van der Waals surface area contributed by atoms with Gasteiger partial charge in [-0.2, -0.15) is 0 Å². The predicted octanol–water partition coefficient (Wildman–Crippen LogP) is 4.00. The number of hydrogen-bond donors (Lipinski definition) is 1. The highest BCUT2D eigenvalue weighted by molar-refractivity contribution is 8.00. The lowest BCUT2D eigenvalue weighted by Gasteiger charge is -2.16. The summed E-state index contributed by atoms with van der Waals surface area (Å²) in [5, 5.41) is 4.88. The van der Waals surface area contributed by atoms with Crippen LogP contribution >= 0.6 is 23.1 Å². The number of aromatic nitrogens is 2. The van der Waals surface area contributed by atoms with Gasteiger partial charge in [-0.15, -0.1) is 11.3 Å². The van der Waals surface area contributed by atoms with Gasteiger partial charge < -0.3 is 10.1 Å². The lowest BCUT2D eigenvalue weighted by Crippen LogP contribution is -2.26. The standard InChI is InChI=1S/C19H21N3O3S2/c1-4-22-18(24)16-14(10-11-26-16)21-19(22)27-12(3)17(23)20-13-8-6-7-9-15(13)25-5-2/h6-12H,4-5H2,1-3H3,(H,20,23). The molecule has 2 heterocycles. The number of amides is 1. The third-order valence-corrected chi connectivity index (χ3v) is 5.92. The van der Waals surface area contributed by atoms with Gasteiger partial charge in [0.1, 0.15) is 10.4 Å². The van der Waals surface area contributed by atoms with Crippen LogP contribution in [0, 0.1) is 0 Å². The Hall–Kier alpha value is -2.32. The van der Waals surface area contributed by atoms with Crippen molar-refractivity contribution < 1.29 is 9.53 Å². The molecule has 0 radical (unpaired) electrons. The molecule has 3 aromatic rings. The molecule has 0 fully saturated rings. The van der Waals surface area contributed by atoms with Gasteiger partial charge in [0.25, 0.3) is 5.56 Å². The number of fused-ring (bicyclic) bond motifs is 1. The van der Waals surface area contributed by atoms with E-state index in [0.717, 1.165) is 0 Å². The van der Waals surface area contributed by atoms with Gasteiger partial charge >= 0.3 is 0 Å². The van der Waals surface area contributed by atoms with Crippen molar-refractivity contribution in [3.05, 3.63) is 46.1 Å². The Morgan fingerprint density at radius 1 is 1.33 bits per heavy atom. The molecule has 0 aliphatic carbocycles. The monoisotopic (exact) mass is 403 g/mol. The Bertz CT molecular complexity index is 1010. The van der Waals surface area contributed by atoms with Crippen LogP contribution in [0.5, 0.6) is 5.75 Å². The maximum Gasteiger partial charge on any atom is 0.272 e. The molecule has 6 nitrogen and oxygen atoms in total. The number of thioether (sulfide) groups is 1. The fourth-order valence-electron chi connectivity index (χ4n) is 2.59. The number of carbonyl (C=O) groups excluding carboxylic acids is 1. The van der Waals surface area contributed by atoms with Crippen LogP contribution in [0.4, 0.5) is 5.69 Å². The fraction of sp³-hybridized carbons (Fsp3) is 0.316. The van der Waals surface area contributed by atoms with E-state index < -0.39 is 5.25 Å². The molecule has 0 aliphatic rings. The molecule has 0 bridgehead atoms. The number of thiophene rings is 1. The molecule has 0 spiro atoms. The van der Waals surface area contributed by atoms with Gasteiger partial charge in [0.2, 0.25) is 5.91 Å². The molecular weight excluding hydrogens is 382 g/mol. The average molecular weight is 404 g/mol. The second kappa shape index (κ2) is 8.58. The molecule has 1 aromatic carbocycles. The van der Waals surface area contributed by atoms with Gasteiger partial charge in [0.15, 0.2) is 5.16 Å². The minimum Gasteiger partial charge on any atom is -0.492 e. The molecular formula is C19H21N3O3S2. The van der Waals surface area contributed by atoms with Crippen molar-refractivity contribution in [2.45, 2.75) is 37.7 Å². The summed E-state index contributed by atoms with van der Waals surface area (Å²) in [6.45, 7) is 6.62. The molecule has 8 heteroatoms. The number of rotatable bonds is 7. The molecule has 27 heavy (non-hydrogen) atoms. The molecule has 1 atom stereocenters. The van der Waals surface area contributed by atoms with Crippen molar-refractivity contribution in [2.75, 3.05) is 11.9 Å². The van der Waals surface area contributed by atoms with Gasteiger partial charge in [-0.25, -0.2) is 4.98 Å². The minimum absolute atomic E-state index is 0.0608. The van der Waals surface area contributed by atoms with Gasteiger partial charge in [0, 0.05) is 6.54 Å². The van der Waals surface area contributed by atoms with Crippen molar-refractivity contribution >= 4 is 44.9 Å². The molecule has 1 amide bonds. The van der Waals surface area contributed by atoms with Gasteiger partial charge in [-0.05, 0) is 44.4 Å². The maximum atomic E-state index is 12.7. The minimum atomic E-state index is -0.430. The zero-order valence-electron chi connectivity index (χ0n) is 15.4. The summed E-state index contributed by atoms with van der Waals surface area (Å²) in [5.74, 6) is 0.461. The van der Waals surface area contributed by atoms with E-state index in [1.807, 2.05) is 43.5 Å². The van der Waals surface area contributed by atoms with E-state index in [1.54, 1.807) is 17.6 Å². The molecule has 0 saturated carbocycles. The third-order valence-electron chi connectivity index (χ3n) is 3.94. The van der Waals surface area contributed by atoms with E-state index in [9.17, 15) is 9.59 Å². The van der Waals surface area contributed by atoms with Crippen LogP contribution in [0.1, 0.15) is 20.8 Å². The Morgan fingerprint density at radius 2 is 2.11 bits per heavy atom. The van der Waals surface area contributed by atoms with E-state index in [0.29, 0.717) is 40.0 Å². The van der Waals surface area contributed by atoms with Crippen molar-refractivity contribution in [3.8, 4) is 5.75 Å². The largest absolute Gasteiger partial charge is 0.492 e. The highest BCUT2D eigenvalue weighted by Crippen LogP contribution is 2.27. The quantitative estimate of drug-likeness (QED) is 0.477. The van der Waals surface area contributed by atoms with Crippen molar-refractivity contribution in [1.29, 1.82) is 0 Å². The van der Waals surface area contributed by atoms with Crippen LogP contribution in [0.15, 0.2) is 45.7 Å². The van der Waals surface area contributed by atoms with Crippen LogP contribution < -0.4 is 15.6 Å². The van der Waals surface area contributed by atoms with Crippen molar-refractivity contribution in [2.24, 2.45) is 0 Å². The van der Waals surface area contributed by atoms with E-state index in [2.05, 4.69) is 10.3 Å². The average Bonchev–Trinajstić information content (AvgIpc) is 3.12. The number of para-hydroxylation sites is 2. The van der Waals surface area contributed by atoms with Gasteiger partial charge in [-0.3, -0.25) is 14.2 Å². The number of anilines is 1. The molecule has 2 aromatic heterocycles. The Labute approximate surface area is 165 Å². The lowest BCUT2D eigenvalue weighted by atomic mass is 10.3. The van der Waals surface area contributed by atoms with E-state index >= 15 is 0 Å². The Balaban J connectivity index is 1.81. The lowest BCUT2D eigenvalue weighted by molar-refractivity contribution is -0.115. The topological polar surface area (TPSA) is 73.2 Å². The van der Waals surface area contributed by atoms with Crippen molar-refractivity contribution in [1.82, 2.24) is 9.55 Å². The number of hydrogen-bond acceptors (Lipinski definition) is 6. The first kappa shape index (κ1) is 19.4. The summed E-state index contributed by atoms with van der Waals surface area (Å²) >= 11 is 2.66. The number of ether oxygens (including phenoxy) is 1. The Morgan fingerprint density at radius 3 is 2.85 bits per heavy atom. The van der Waals surface area contributed by atoms with Crippen LogP contribution in [0.25, 0.3) is 10.2 Å². The van der Waals surface area contributed by atoms with Crippen molar-refractivity contribution in [3.63, 3.8) is 0 Å². The second-order valence-corrected chi connectivity index (χ2v) is 7.98. The molecule has 0 aliphatic heterocycles. The molecule has 3 rings (SSSR count). The number of nitrogens with zero attached hydrogens (tertiary/aromatic N) is 2. The zero-order valence-corrected chi connectivity index (χ0v) is 17.0. The summed E-state index contributed by atoms with van der Waals surface area (Å²) in [4.78, 5) is 29.8. The fourth-order valence-corrected chi connectivity index (χ4v) is 4.34. The normalized spacial score (nSPS) is 12.1. The molecule has 0 saturated heterocycles. The zero-order chi connectivity index (χ0) is 19.4. The summed E-state index contributed by atoms with van der Waals surface area (Å²) in [5.41, 5.74) is 1.24. The van der Waals surface area contributed by atoms with E-state index in [-0.39, 0.29) is 11.5 Å². The number of nitrogens with one attached hydrogen (secondary N) is 1. The summed E-state index contributed by atoms with van der Waals surface area (Å²) < 4.78 is 7.80. The van der Waals surface area contributed by atoms with Gasteiger partial charge in [0.05, 0.1) is 23.1 Å². The summed E-state index contributed by atoms with van der Waals surface area (Å²) in [7, 11) is 0. The van der Waals surface area contributed by atoms with Crippen LogP contribution in [-0.4, -0.2) is 27.3 Å². The van der Waals surface area contributed by atoms with Crippen LogP contribution in [0.2, 0.25) is 0 Å². The molecule has 142 valence electrons. The predicted molar refractivity (Wildman–Crippen MR) is 111 cm³/mol. The third kappa shape index (κ3) is 4.17. The first-order chi connectivity index (χ1) is 13.0. The Kier molecular flexibility index (Phi) is 6.18. The highest BCUT2D eigenvalue weighted by Gasteiger charge is 2.20. The number of carbonyl (C=O) groups is 1. The van der Waals surface area contributed by atoms with Gasteiger partial charge in [-0.1, -0.05) is 23.9 Å². The number of benzene rings is 1. The smallest absolute Gasteiger partial charge is 0.272 e. The summed E-state index contributed by atoms with van der Waals surface area (Å²) in [6.07, 6.45) is 0. The maximum absolute atomic E-state index is 12.7.